The average Bonchev–Trinajstić information content (AvgIpc) is 3.01. The first-order valence-corrected chi connectivity index (χ1v) is 15.5. The van der Waals surface area contributed by atoms with Gasteiger partial charge in [0.15, 0.2) is 0 Å². The molecule has 248 valence electrons. The molecule has 6 N–H and O–H groups in total. The lowest BCUT2D eigenvalue weighted by Crippen LogP contribution is -2.55. The molecule has 2 aromatic rings. The number of aliphatic hydroxyl groups is 2. The van der Waals surface area contributed by atoms with E-state index in [1.807, 2.05) is 88.4 Å². The smallest absolute Gasteiger partial charge is 0.408 e. The SMILES string of the molecule is CC(C)[C@H](NC(=O)[C@H](C)C[C@H](O)[C@H](Cc1ccccc1)NC(=O)[C@H](C)NC(=O)OCc1ccccc1)C(=O)N[C@H](CO)C(C)C. The number of ether oxygens (including phenoxy) is 1. The minimum Gasteiger partial charge on any atom is -0.445 e. The Morgan fingerprint density at radius 1 is 0.689 bits per heavy atom. The first-order valence-electron chi connectivity index (χ1n) is 15.5. The van der Waals surface area contributed by atoms with E-state index in [1.165, 1.54) is 6.92 Å². The van der Waals surface area contributed by atoms with Crippen molar-refractivity contribution in [3.8, 4) is 0 Å². The topological polar surface area (TPSA) is 166 Å². The number of rotatable bonds is 17. The first-order chi connectivity index (χ1) is 21.3. The Hall–Kier alpha value is -3.96. The lowest BCUT2D eigenvalue weighted by atomic mass is 9.92. The van der Waals surface area contributed by atoms with Gasteiger partial charge in [-0.05, 0) is 42.7 Å². The number of hydrogen-bond donors (Lipinski definition) is 6. The van der Waals surface area contributed by atoms with Crippen LogP contribution in [0.2, 0.25) is 0 Å². The second-order valence-corrected chi connectivity index (χ2v) is 12.2. The number of hydrogen-bond acceptors (Lipinski definition) is 7. The van der Waals surface area contributed by atoms with Crippen molar-refractivity contribution >= 4 is 23.8 Å². The molecule has 0 aliphatic carbocycles. The standard InChI is InChI=1S/C34H50N4O7/c1-21(2)28(19-39)37-33(43)30(22(3)4)38-31(41)23(5)17-29(40)27(18-25-13-9-7-10-14-25)36-32(42)24(6)35-34(44)45-20-26-15-11-8-12-16-26/h7-16,21-24,27-30,39-40H,17-20H2,1-6H3,(H,35,44)(H,36,42)(H,37,43)(H,38,41)/t23-,24+,27+,28-,29+,30+/m1/s1. The zero-order valence-electron chi connectivity index (χ0n) is 27.2. The number of nitrogens with one attached hydrogen (secondary N) is 4. The maximum absolute atomic E-state index is 13.2. The van der Waals surface area contributed by atoms with Crippen LogP contribution in [0.15, 0.2) is 60.7 Å². The van der Waals surface area contributed by atoms with Gasteiger partial charge in [-0.15, -0.1) is 0 Å². The zero-order chi connectivity index (χ0) is 33.5. The number of amides is 4. The largest absolute Gasteiger partial charge is 0.445 e. The summed E-state index contributed by atoms with van der Waals surface area (Å²) in [6.45, 7) is 10.4. The molecule has 2 aromatic carbocycles. The van der Waals surface area contributed by atoms with Crippen molar-refractivity contribution in [1.29, 1.82) is 0 Å². The summed E-state index contributed by atoms with van der Waals surface area (Å²) in [5.74, 6) is -2.26. The summed E-state index contributed by atoms with van der Waals surface area (Å²) in [5, 5.41) is 31.8. The summed E-state index contributed by atoms with van der Waals surface area (Å²) in [5.41, 5.74) is 1.67. The molecule has 0 saturated carbocycles. The van der Waals surface area contributed by atoms with Crippen molar-refractivity contribution in [3.05, 3.63) is 71.8 Å². The van der Waals surface area contributed by atoms with Gasteiger partial charge in [-0.2, -0.15) is 0 Å². The van der Waals surface area contributed by atoms with Crippen molar-refractivity contribution in [2.45, 2.75) is 91.3 Å². The molecule has 0 saturated heterocycles. The summed E-state index contributed by atoms with van der Waals surface area (Å²) in [6.07, 6.45) is -1.60. The number of aliphatic hydroxyl groups excluding tert-OH is 2. The average molecular weight is 627 g/mol. The van der Waals surface area contributed by atoms with Crippen LogP contribution in [0.4, 0.5) is 4.79 Å². The van der Waals surface area contributed by atoms with Crippen LogP contribution >= 0.6 is 0 Å². The van der Waals surface area contributed by atoms with E-state index in [0.717, 1.165) is 11.1 Å². The summed E-state index contributed by atoms with van der Waals surface area (Å²) < 4.78 is 5.22. The molecule has 11 heteroatoms. The van der Waals surface area contributed by atoms with Crippen molar-refractivity contribution in [3.63, 3.8) is 0 Å². The van der Waals surface area contributed by atoms with Crippen LogP contribution in [0.25, 0.3) is 0 Å². The number of carbonyl (C=O) groups excluding carboxylic acids is 4. The molecule has 2 rings (SSSR count). The summed E-state index contributed by atoms with van der Waals surface area (Å²) >= 11 is 0. The van der Waals surface area contributed by atoms with Crippen LogP contribution in [0, 0.1) is 17.8 Å². The maximum Gasteiger partial charge on any atom is 0.408 e. The number of alkyl carbamates (subject to hydrolysis) is 1. The highest BCUT2D eigenvalue weighted by atomic mass is 16.5. The molecule has 4 amide bonds. The Morgan fingerprint density at radius 2 is 1.24 bits per heavy atom. The molecule has 0 unspecified atom stereocenters. The third kappa shape index (κ3) is 12.9. The second-order valence-electron chi connectivity index (χ2n) is 12.2. The van der Waals surface area contributed by atoms with Crippen LogP contribution in [0.1, 0.15) is 59.1 Å². The van der Waals surface area contributed by atoms with Crippen LogP contribution in [-0.2, 0) is 32.1 Å². The van der Waals surface area contributed by atoms with Crippen molar-refractivity contribution in [2.75, 3.05) is 6.61 Å². The highest BCUT2D eigenvalue weighted by molar-refractivity contribution is 5.89. The molecule has 0 aliphatic heterocycles. The fourth-order valence-corrected chi connectivity index (χ4v) is 4.63. The van der Waals surface area contributed by atoms with E-state index in [-0.39, 0.29) is 37.9 Å². The normalized spacial score (nSPS) is 15.2. The summed E-state index contributed by atoms with van der Waals surface area (Å²) in [6, 6.07) is 15.4. The number of benzene rings is 2. The molecule has 0 bridgehead atoms. The molecule has 0 aromatic heterocycles. The van der Waals surface area contributed by atoms with E-state index in [0.29, 0.717) is 0 Å². The highest BCUT2D eigenvalue weighted by Crippen LogP contribution is 2.16. The van der Waals surface area contributed by atoms with Crippen molar-refractivity contribution < 1.29 is 34.1 Å². The molecule has 0 heterocycles. The lowest BCUT2D eigenvalue weighted by Gasteiger charge is -2.29. The van der Waals surface area contributed by atoms with E-state index < -0.39 is 60.0 Å². The number of carbonyl (C=O) groups is 4. The van der Waals surface area contributed by atoms with Crippen molar-refractivity contribution in [2.24, 2.45) is 17.8 Å². The molecule has 6 atom stereocenters. The molecule has 0 spiro atoms. The van der Waals surface area contributed by atoms with Gasteiger partial charge in [0.05, 0.1) is 24.8 Å². The maximum atomic E-state index is 13.2. The van der Waals surface area contributed by atoms with Gasteiger partial charge in [-0.25, -0.2) is 4.79 Å². The predicted molar refractivity (Wildman–Crippen MR) is 172 cm³/mol. The molecule has 0 fully saturated rings. The van der Waals surface area contributed by atoms with Gasteiger partial charge >= 0.3 is 6.09 Å². The van der Waals surface area contributed by atoms with Crippen LogP contribution in [-0.4, -0.2) is 70.9 Å². The minimum absolute atomic E-state index is 0.00222. The highest BCUT2D eigenvalue weighted by Gasteiger charge is 2.31. The summed E-state index contributed by atoms with van der Waals surface area (Å²) in [7, 11) is 0. The van der Waals surface area contributed by atoms with E-state index >= 15 is 0 Å². The Bertz CT molecular complexity index is 1210. The van der Waals surface area contributed by atoms with Gasteiger partial charge in [0.25, 0.3) is 0 Å². The van der Waals surface area contributed by atoms with E-state index in [4.69, 9.17) is 4.74 Å². The third-order valence-electron chi connectivity index (χ3n) is 7.65. The van der Waals surface area contributed by atoms with Gasteiger partial charge in [-0.1, -0.05) is 95.3 Å². The van der Waals surface area contributed by atoms with Gasteiger partial charge in [0, 0.05) is 5.92 Å². The van der Waals surface area contributed by atoms with Crippen LogP contribution in [0.5, 0.6) is 0 Å². The van der Waals surface area contributed by atoms with Gasteiger partial charge in [0.2, 0.25) is 17.7 Å². The summed E-state index contributed by atoms with van der Waals surface area (Å²) in [4.78, 5) is 51.5. The Labute approximate surface area is 266 Å². The molecule has 11 nitrogen and oxygen atoms in total. The van der Waals surface area contributed by atoms with Gasteiger partial charge < -0.3 is 36.2 Å². The molecule has 0 aliphatic rings. The van der Waals surface area contributed by atoms with Crippen molar-refractivity contribution in [1.82, 2.24) is 21.3 Å². The van der Waals surface area contributed by atoms with Crippen LogP contribution < -0.4 is 21.3 Å². The monoisotopic (exact) mass is 626 g/mol. The van der Waals surface area contributed by atoms with E-state index in [9.17, 15) is 29.4 Å². The predicted octanol–water partition coefficient (Wildman–Crippen LogP) is 2.69. The fraction of sp³-hybridized carbons (Fsp3) is 0.529. The van der Waals surface area contributed by atoms with Gasteiger partial charge in [0.1, 0.15) is 18.7 Å². The van der Waals surface area contributed by atoms with E-state index in [1.54, 1.807) is 6.92 Å². The Kier molecular flexibility index (Phi) is 15.5. The Morgan fingerprint density at radius 3 is 1.78 bits per heavy atom. The zero-order valence-corrected chi connectivity index (χ0v) is 27.2. The van der Waals surface area contributed by atoms with Crippen LogP contribution in [0.3, 0.4) is 0 Å². The van der Waals surface area contributed by atoms with E-state index in [2.05, 4.69) is 21.3 Å². The molecular weight excluding hydrogens is 576 g/mol. The van der Waals surface area contributed by atoms with Gasteiger partial charge in [-0.3, -0.25) is 14.4 Å². The lowest BCUT2D eigenvalue weighted by molar-refractivity contribution is -0.133. The molecule has 0 radical (unpaired) electrons. The fourth-order valence-electron chi connectivity index (χ4n) is 4.63. The third-order valence-corrected chi connectivity index (χ3v) is 7.65. The quantitative estimate of drug-likeness (QED) is 0.157. The second kappa shape index (κ2) is 18.8. The Balaban J connectivity index is 2.05. The molecule has 45 heavy (non-hydrogen) atoms. The first kappa shape index (κ1) is 37.2. The minimum atomic E-state index is -1.13. The molecular formula is C34H50N4O7.